The summed E-state index contributed by atoms with van der Waals surface area (Å²) in [5.74, 6) is 1.58. The molecule has 21 heavy (non-hydrogen) atoms. The first-order valence-electron chi connectivity index (χ1n) is 6.51. The van der Waals surface area contributed by atoms with Gasteiger partial charge in [0.2, 0.25) is 0 Å². The fourth-order valence-corrected chi connectivity index (χ4v) is 1.95. The van der Waals surface area contributed by atoms with E-state index in [1.165, 1.54) is 0 Å². The molecule has 0 saturated carbocycles. The molecule has 1 unspecified atom stereocenters. The quantitative estimate of drug-likeness (QED) is 0.915. The maximum Gasteiger partial charge on any atom is 0.273 e. The van der Waals surface area contributed by atoms with Gasteiger partial charge in [-0.1, -0.05) is 11.2 Å². The van der Waals surface area contributed by atoms with Crippen molar-refractivity contribution in [2.75, 3.05) is 14.2 Å². The van der Waals surface area contributed by atoms with Gasteiger partial charge in [-0.25, -0.2) is 0 Å². The highest BCUT2D eigenvalue weighted by Crippen LogP contribution is 2.29. The summed E-state index contributed by atoms with van der Waals surface area (Å²) >= 11 is 0. The standard InChI is InChI=1S/C15H18N2O4/c1-9-7-12(17-21-9)15(18)16-10(2)11-5-6-13(19-3)14(8-11)20-4/h5-8,10H,1-4H3,(H,16,18). The first-order chi connectivity index (χ1) is 10.0. The van der Waals surface area contributed by atoms with Gasteiger partial charge in [-0.05, 0) is 31.5 Å². The molecule has 0 fully saturated rings. The molecular weight excluding hydrogens is 272 g/mol. The van der Waals surface area contributed by atoms with Crippen LogP contribution in [0.4, 0.5) is 0 Å². The molecular formula is C15H18N2O4. The van der Waals surface area contributed by atoms with Gasteiger partial charge in [0.05, 0.1) is 20.3 Å². The average Bonchev–Trinajstić information content (AvgIpc) is 2.93. The van der Waals surface area contributed by atoms with Crippen molar-refractivity contribution in [3.63, 3.8) is 0 Å². The normalized spacial score (nSPS) is 11.8. The molecule has 1 aromatic heterocycles. The van der Waals surface area contributed by atoms with Gasteiger partial charge in [0.15, 0.2) is 17.2 Å². The molecule has 0 bridgehead atoms. The number of methoxy groups -OCH3 is 2. The van der Waals surface area contributed by atoms with Gasteiger partial charge in [-0.15, -0.1) is 0 Å². The topological polar surface area (TPSA) is 73.6 Å². The third-order valence-electron chi connectivity index (χ3n) is 3.12. The Kier molecular flexibility index (Phi) is 4.47. The second-order valence-corrected chi connectivity index (χ2v) is 4.63. The van der Waals surface area contributed by atoms with Crippen molar-refractivity contribution < 1.29 is 18.8 Å². The Morgan fingerprint density at radius 1 is 1.24 bits per heavy atom. The van der Waals surface area contributed by atoms with Crippen molar-refractivity contribution in [2.45, 2.75) is 19.9 Å². The predicted octanol–water partition coefficient (Wildman–Crippen LogP) is 2.49. The van der Waals surface area contributed by atoms with Crippen LogP contribution >= 0.6 is 0 Å². The Morgan fingerprint density at radius 2 is 1.95 bits per heavy atom. The highest BCUT2D eigenvalue weighted by molar-refractivity contribution is 5.92. The van der Waals surface area contributed by atoms with E-state index >= 15 is 0 Å². The molecule has 0 aliphatic heterocycles. The van der Waals surface area contributed by atoms with Gasteiger partial charge in [0.1, 0.15) is 5.76 Å². The first kappa shape index (κ1) is 14.9. The molecule has 1 N–H and O–H groups in total. The van der Waals surface area contributed by atoms with Crippen molar-refractivity contribution >= 4 is 5.91 Å². The molecule has 2 rings (SSSR count). The third-order valence-corrected chi connectivity index (χ3v) is 3.12. The van der Waals surface area contributed by atoms with Crippen molar-refractivity contribution in [2.24, 2.45) is 0 Å². The zero-order chi connectivity index (χ0) is 15.4. The summed E-state index contributed by atoms with van der Waals surface area (Å²) in [6, 6.07) is 6.90. The molecule has 1 amide bonds. The minimum Gasteiger partial charge on any atom is -0.493 e. The van der Waals surface area contributed by atoms with E-state index in [-0.39, 0.29) is 17.6 Å². The summed E-state index contributed by atoms with van der Waals surface area (Å²) in [6.07, 6.45) is 0. The lowest BCUT2D eigenvalue weighted by atomic mass is 10.1. The van der Waals surface area contributed by atoms with Crippen LogP contribution in [0, 0.1) is 6.92 Å². The molecule has 0 radical (unpaired) electrons. The number of ether oxygens (including phenoxy) is 2. The van der Waals surface area contributed by atoms with Crippen LogP contribution in [0.3, 0.4) is 0 Å². The Labute approximate surface area is 123 Å². The molecule has 1 heterocycles. The van der Waals surface area contributed by atoms with Crippen LogP contribution < -0.4 is 14.8 Å². The summed E-state index contributed by atoms with van der Waals surface area (Å²) < 4.78 is 15.3. The molecule has 1 atom stereocenters. The summed E-state index contributed by atoms with van der Waals surface area (Å²) in [7, 11) is 3.15. The average molecular weight is 290 g/mol. The second kappa shape index (κ2) is 6.30. The van der Waals surface area contributed by atoms with Gasteiger partial charge in [0.25, 0.3) is 5.91 Å². The number of benzene rings is 1. The Bertz CT molecular complexity index is 636. The second-order valence-electron chi connectivity index (χ2n) is 4.63. The van der Waals surface area contributed by atoms with E-state index in [2.05, 4.69) is 10.5 Å². The van der Waals surface area contributed by atoms with Gasteiger partial charge in [-0.2, -0.15) is 0 Å². The zero-order valence-electron chi connectivity index (χ0n) is 12.5. The van der Waals surface area contributed by atoms with Gasteiger partial charge >= 0.3 is 0 Å². The lowest BCUT2D eigenvalue weighted by Crippen LogP contribution is -2.26. The van der Waals surface area contributed by atoms with Crippen molar-refractivity contribution in [1.29, 1.82) is 0 Å². The van der Waals surface area contributed by atoms with Crippen molar-refractivity contribution in [3.05, 3.63) is 41.3 Å². The number of hydrogen-bond acceptors (Lipinski definition) is 5. The molecule has 0 aliphatic carbocycles. The summed E-state index contributed by atoms with van der Waals surface area (Å²) in [6.45, 7) is 3.62. The number of amides is 1. The smallest absolute Gasteiger partial charge is 0.273 e. The molecule has 112 valence electrons. The van der Waals surface area contributed by atoms with E-state index in [1.807, 2.05) is 19.1 Å². The summed E-state index contributed by atoms with van der Waals surface area (Å²) in [4.78, 5) is 12.0. The predicted molar refractivity (Wildman–Crippen MR) is 76.7 cm³/mol. The van der Waals surface area contributed by atoms with E-state index in [1.54, 1.807) is 33.3 Å². The van der Waals surface area contributed by atoms with Crippen LogP contribution in [0.25, 0.3) is 0 Å². The summed E-state index contributed by atoms with van der Waals surface area (Å²) in [5, 5.41) is 6.55. The van der Waals surface area contributed by atoms with Crippen molar-refractivity contribution in [1.82, 2.24) is 10.5 Å². The lowest BCUT2D eigenvalue weighted by molar-refractivity contribution is 0.0930. The van der Waals surface area contributed by atoms with Gasteiger partial charge < -0.3 is 19.3 Å². The molecule has 1 aromatic carbocycles. The Morgan fingerprint density at radius 3 is 2.52 bits per heavy atom. The van der Waals surface area contributed by atoms with E-state index in [9.17, 15) is 4.79 Å². The van der Waals surface area contributed by atoms with E-state index in [0.717, 1.165) is 5.56 Å². The molecule has 0 spiro atoms. The SMILES string of the molecule is COc1ccc(C(C)NC(=O)c2cc(C)on2)cc1OC. The number of hydrogen-bond donors (Lipinski definition) is 1. The third kappa shape index (κ3) is 3.34. The van der Waals surface area contributed by atoms with Gasteiger partial charge in [0, 0.05) is 6.07 Å². The highest BCUT2D eigenvalue weighted by Gasteiger charge is 2.16. The zero-order valence-corrected chi connectivity index (χ0v) is 12.5. The monoisotopic (exact) mass is 290 g/mol. The van der Waals surface area contributed by atoms with E-state index in [0.29, 0.717) is 17.3 Å². The van der Waals surface area contributed by atoms with Crippen molar-refractivity contribution in [3.8, 4) is 11.5 Å². The van der Waals surface area contributed by atoms with Crippen LogP contribution in [0.1, 0.15) is 34.8 Å². The number of nitrogens with zero attached hydrogens (tertiary/aromatic N) is 1. The molecule has 0 saturated heterocycles. The molecule has 2 aromatic rings. The Balaban J connectivity index is 2.13. The number of rotatable bonds is 5. The highest BCUT2D eigenvalue weighted by atomic mass is 16.5. The van der Waals surface area contributed by atoms with Crippen LogP contribution in [-0.2, 0) is 0 Å². The Hall–Kier alpha value is -2.50. The molecule has 6 nitrogen and oxygen atoms in total. The number of aromatic nitrogens is 1. The molecule has 0 aliphatic rings. The fraction of sp³-hybridized carbons (Fsp3) is 0.333. The van der Waals surface area contributed by atoms with Crippen LogP contribution in [0.15, 0.2) is 28.8 Å². The van der Waals surface area contributed by atoms with Gasteiger partial charge in [-0.3, -0.25) is 4.79 Å². The fourth-order valence-electron chi connectivity index (χ4n) is 1.95. The number of carbonyl (C=O) groups excluding carboxylic acids is 1. The van der Waals surface area contributed by atoms with Crippen LogP contribution in [-0.4, -0.2) is 25.3 Å². The van der Waals surface area contributed by atoms with E-state index in [4.69, 9.17) is 14.0 Å². The number of carbonyl (C=O) groups is 1. The minimum atomic E-state index is -0.283. The number of nitrogens with one attached hydrogen (secondary N) is 1. The maximum atomic E-state index is 12.0. The molecule has 6 heteroatoms. The maximum absolute atomic E-state index is 12.0. The number of aryl methyl sites for hydroxylation is 1. The lowest BCUT2D eigenvalue weighted by Gasteiger charge is -2.15. The van der Waals surface area contributed by atoms with Crippen LogP contribution in [0.2, 0.25) is 0 Å². The summed E-state index contributed by atoms with van der Waals surface area (Å²) in [5.41, 5.74) is 1.17. The van der Waals surface area contributed by atoms with E-state index < -0.39 is 0 Å². The largest absolute Gasteiger partial charge is 0.493 e. The van der Waals surface area contributed by atoms with Crippen LogP contribution in [0.5, 0.6) is 11.5 Å². The minimum absolute atomic E-state index is 0.200. The first-order valence-corrected chi connectivity index (χ1v) is 6.51.